The summed E-state index contributed by atoms with van der Waals surface area (Å²) in [5.41, 5.74) is 3.25. The number of rotatable bonds is 8. The number of hydrogen-bond acceptors (Lipinski definition) is 4. The maximum Gasteiger partial charge on any atom is 0.262 e. The fraction of sp³-hybridized carbons (Fsp3) is 0.240. The number of nitrogens with one attached hydrogen (secondary N) is 2. The van der Waals surface area contributed by atoms with Crippen LogP contribution in [-0.2, 0) is 10.0 Å². The summed E-state index contributed by atoms with van der Waals surface area (Å²) in [5.74, 6) is 0.454. The summed E-state index contributed by atoms with van der Waals surface area (Å²) in [5, 5.41) is 3.02. The third-order valence-corrected chi connectivity index (χ3v) is 6.82. The lowest BCUT2D eigenvalue weighted by Crippen LogP contribution is -2.28. The van der Waals surface area contributed by atoms with Gasteiger partial charge in [-0.1, -0.05) is 43.3 Å². The van der Waals surface area contributed by atoms with Gasteiger partial charge < -0.3 is 10.1 Å². The molecule has 0 radical (unpaired) electrons. The van der Waals surface area contributed by atoms with E-state index in [2.05, 4.69) is 10.0 Å². The SMILES string of the molecule is CC[C@@H](NC(=O)c1ccc(C)c(S(=O)(=O)Nc2ccccc2)c1)c1ccc(OC)c(C)c1. The van der Waals surface area contributed by atoms with Crippen molar-refractivity contribution < 1.29 is 17.9 Å². The molecule has 0 unspecified atom stereocenters. The van der Waals surface area contributed by atoms with Gasteiger partial charge in [-0.25, -0.2) is 8.42 Å². The van der Waals surface area contributed by atoms with Crippen LogP contribution in [0.25, 0.3) is 0 Å². The van der Waals surface area contributed by atoms with Crippen molar-refractivity contribution >= 4 is 21.6 Å². The minimum Gasteiger partial charge on any atom is -0.496 e. The maximum atomic E-state index is 13.0. The number of carbonyl (C=O) groups is 1. The van der Waals surface area contributed by atoms with Crippen LogP contribution in [0.2, 0.25) is 0 Å². The highest BCUT2D eigenvalue weighted by molar-refractivity contribution is 7.92. The van der Waals surface area contributed by atoms with E-state index in [0.717, 1.165) is 16.9 Å². The Bertz CT molecular complexity index is 1210. The van der Waals surface area contributed by atoms with E-state index in [-0.39, 0.29) is 22.4 Å². The molecule has 3 aromatic rings. The Morgan fingerprint density at radius 3 is 2.31 bits per heavy atom. The van der Waals surface area contributed by atoms with Gasteiger partial charge >= 0.3 is 0 Å². The number of aryl methyl sites for hydroxylation is 2. The first-order valence-electron chi connectivity index (χ1n) is 10.4. The lowest BCUT2D eigenvalue weighted by Gasteiger charge is -2.19. The number of anilines is 1. The summed E-state index contributed by atoms with van der Waals surface area (Å²) in [7, 11) is -2.22. The van der Waals surface area contributed by atoms with E-state index in [4.69, 9.17) is 4.74 Å². The molecule has 0 saturated heterocycles. The average Bonchev–Trinajstić information content (AvgIpc) is 2.77. The molecule has 0 heterocycles. The van der Waals surface area contributed by atoms with Crippen molar-refractivity contribution in [3.63, 3.8) is 0 Å². The standard InChI is InChI=1S/C25H28N2O4S/c1-5-22(19-13-14-23(31-4)18(3)15-19)26-25(28)20-12-11-17(2)24(16-20)32(29,30)27-21-9-7-6-8-10-21/h6-16,22,27H,5H2,1-4H3,(H,26,28)/t22-/m1/s1. The van der Waals surface area contributed by atoms with Gasteiger partial charge in [0.05, 0.1) is 18.0 Å². The molecule has 32 heavy (non-hydrogen) atoms. The van der Waals surface area contributed by atoms with E-state index in [9.17, 15) is 13.2 Å². The fourth-order valence-electron chi connectivity index (χ4n) is 3.53. The van der Waals surface area contributed by atoms with Crippen LogP contribution >= 0.6 is 0 Å². The van der Waals surface area contributed by atoms with Gasteiger partial charge in [0.2, 0.25) is 0 Å². The molecule has 168 valence electrons. The van der Waals surface area contributed by atoms with Crippen molar-refractivity contribution in [2.45, 2.75) is 38.1 Å². The quantitative estimate of drug-likeness (QED) is 0.504. The molecular formula is C25H28N2O4S. The molecule has 0 aromatic heterocycles. The fourth-order valence-corrected chi connectivity index (χ4v) is 4.86. The number of methoxy groups -OCH3 is 1. The van der Waals surface area contributed by atoms with Gasteiger partial charge in [0.25, 0.3) is 15.9 Å². The van der Waals surface area contributed by atoms with E-state index >= 15 is 0 Å². The molecule has 2 N–H and O–H groups in total. The molecule has 0 bridgehead atoms. The number of amides is 1. The number of sulfonamides is 1. The van der Waals surface area contributed by atoms with Crippen molar-refractivity contribution in [1.29, 1.82) is 0 Å². The molecular weight excluding hydrogens is 424 g/mol. The van der Waals surface area contributed by atoms with Crippen LogP contribution in [0.5, 0.6) is 5.75 Å². The van der Waals surface area contributed by atoms with Crippen LogP contribution in [0.3, 0.4) is 0 Å². The van der Waals surface area contributed by atoms with E-state index in [1.54, 1.807) is 50.4 Å². The van der Waals surface area contributed by atoms with Crippen molar-refractivity contribution in [1.82, 2.24) is 5.32 Å². The average molecular weight is 453 g/mol. The van der Waals surface area contributed by atoms with Crippen LogP contribution in [0.15, 0.2) is 71.6 Å². The Morgan fingerprint density at radius 1 is 0.969 bits per heavy atom. The summed E-state index contributed by atoms with van der Waals surface area (Å²) in [6, 6.07) is 18.9. The highest BCUT2D eigenvalue weighted by atomic mass is 32.2. The molecule has 3 rings (SSSR count). The highest BCUT2D eigenvalue weighted by Crippen LogP contribution is 2.25. The summed E-state index contributed by atoms with van der Waals surface area (Å²) in [6.07, 6.45) is 0.685. The molecule has 0 spiro atoms. The van der Waals surface area contributed by atoms with Crippen LogP contribution < -0.4 is 14.8 Å². The zero-order valence-electron chi connectivity index (χ0n) is 18.7. The predicted molar refractivity (Wildman–Crippen MR) is 127 cm³/mol. The maximum absolute atomic E-state index is 13.0. The summed E-state index contributed by atoms with van der Waals surface area (Å²) in [6.45, 7) is 5.64. The Kier molecular flexibility index (Phi) is 7.20. The van der Waals surface area contributed by atoms with Gasteiger partial charge in [-0.3, -0.25) is 9.52 Å². The first-order chi connectivity index (χ1) is 15.2. The predicted octanol–water partition coefficient (Wildman–Crippen LogP) is 4.99. The summed E-state index contributed by atoms with van der Waals surface area (Å²) >= 11 is 0. The number of ether oxygens (including phenoxy) is 1. The summed E-state index contributed by atoms with van der Waals surface area (Å²) in [4.78, 5) is 13.1. The lowest BCUT2D eigenvalue weighted by molar-refractivity contribution is 0.0935. The second-order valence-corrected chi connectivity index (χ2v) is 9.27. The minimum absolute atomic E-state index is 0.0716. The Labute approximate surface area is 189 Å². The highest BCUT2D eigenvalue weighted by Gasteiger charge is 2.21. The molecule has 1 atom stereocenters. The van der Waals surface area contributed by atoms with Gasteiger partial charge in [-0.05, 0) is 67.3 Å². The zero-order valence-corrected chi connectivity index (χ0v) is 19.5. The monoisotopic (exact) mass is 452 g/mol. The number of para-hydroxylation sites is 1. The van der Waals surface area contributed by atoms with Gasteiger partial charge in [0.1, 0.15) is 5.75 Å². The Balaban J connectivity index is 1.85. The topological polar surface area (TPSA) is 84.5 Å². The third-order valence-electron chi connectivity index (χ3n) is 5.30. The molecule has 3 aromatic carbocycles. The number of benzene rings is 3. The first-order valence-corrected chi connectivity index (χ1v) is 11.9. The molecule has 0 fully saturated rings. The van der Waals surface area contributed by atoms with Crippen LogP contribution in [-0.4, -0.2) is 21.4 Å². The van der Waals surface area contributed by atoms with Gasteiger partial charge in [-0.15, -0.1) is 0 Å². The van der Waals surface area contributed by atoms with Crippen molar-refractivity contribution in [2.75, 3.05) is 11.8 Å². The van der Waals surface area contributed by atoms with E-state index in [1.807, 2.05) is 38.1 Å². The number of hydrogen-bond donors (Lipinski definition) is 2. The second-order valence-electron chi connectivity index (χ2n) is 7.62. The Morgan fingerprint density at radius 2 is 1.69 bits per heavy atom. The molecule has 1 amide bonds. The second kappa shape index (κ2) is 9.87. The van der Waals surface area contributed by atoms with Crippen molar-refractivity contribution in [3.8, 4) is 5.75 Å². The Hall–Kier alpha value is -3.32. The molecule has 0 aliphatic heterocycles. The van der Waals surface area contributed by atoms with E-state index in [1.165, 1.54) is 6.07 Å². The number of carbonyl (C=O) groups excluding carboxylic acids is 1. The van der Waals surface area contributed by atoms with Crippen LogP contribution in [0, 0.1) is 13.8 Å². The van der Waals surface area contributed by atoms with Crippen molar-refractivity contribution in [3.05, 3.63) is 89.0 Å². The third kappa shape index (κ3) is 5.29. The molecule has 6 nitrogen and oxygen atoms in total. The minimum atomic E-state index is -3.84. The van der Waals surface area contributed by atoms with E-state index in [0.29, 0.717) is 17.7 Å². The molecule has 0 aliphatic rings. The largest absolute Gasteiger partial charge is 0.496 e. The van der Waals surface area contributed by atoms with Gasteiger partial charge in [-0.2, -0.15) is 0 Å². The van der Waals surface area contributed by atoms with Crippen molar-refractivity contribution in [2.24, 2.45) is 0 Å². The van der Waals surface area contributed by atoms with Gasteiger partial charge in [0.15, 0.2) is 0 Å². The molecule has 7 heteroatoms. The zero-order chi connectivity index (χ0) is 23.3. The van der Waals surface area contributed by atoms with Crippen LogP contribution in [0.1, 0.15) is 46.4 Å². The first kappa shape index (κ1) is 23.3. The molecule has 0 aliphatic carbocycles. The van der Waals surface area contributed by atoms with E-state index < -0.39 is 10.0 Å². The smallest absolute Gasteiger partial charge is 0.262 e. The summed E-state index contributed by atoms with van der Waals surface area (Å²) < 4.78 is 33.8. The normalized spacial score (nSPS) is 12.1. The lowest BCUT2D eigenvalue weighted by atomic mass is 10.0. The molecule has 0 saturated carbocycles. The van der Waals surface area contributed by atoms with Crippen LogP contribution in [0.4, 0.5) is 5.69 Å². The van der Waals surface area contributed by atoms with Gasteiger partial charge in [0, 0.05) is 11.3 Å².